The van der Waals surface area contributed by atoms with Gasteiger partial charge in [-0.25, -0.2) is 0 Å². The molecule has 32 heavy (non-hydrogen) atoms. The normalized spacial score (nSPS) is 11.2. The lowest BCUT2D eigenvalue weighted by Gasteiger charge is -2.15. The summed E-state index contributed by atoms with van der Waals surface area (Å²) in [5.74, 6) is 0.266. The topological polar surface area (TPSA) is 69.6 Å². The number of aryl methyl sites for hydroxylation is 1. The van der Waals surface area contributed by atoms with E-state index in [-0.39, 0.29) is 17.8 Å². The Hall–Kier alpha value is -3.75. The van der Waals surface area contributed by atoms with Crippen LogP contribution in [0.2, 0.25) is 0 Å². The van der Waals surface area contributed by atoms with E-state index in [4.69, 9.17) is 9.47 Å². The summed E-state index contributed by atoms with van der Waals surface area (Å²) >= 11 is 0. The fourth-order valence-corrected chi connectivity index (χ4v) is 3.31. The molecule has 168 valence electrons. The average molecular weight is 446 g/mol. The number of alkyl halides is 3. The number of amides is 1. The molecule has 0 aliphatic carbocycles. The van der Waals surface area contributed by atoms with E-state index >= 15 is 0 Å². The number of carbonyl (C=O) groups excluding carboxylic acids is 1. The standard InChI is InChI=1S/C23H21F3N2O4/c1-14-10-11-18(21(29)27-13-15-6-4-9-19(31-2)20(15)32-3)22(30)28(14)17-8-5-7-16(12-17)23(24,25)26/h4-12H,13H2,1-3H3,(H,27,29). The molecule has 2 aromatic carbocycles. The summed E-state index contributed by atoms with van der Waals surface area (Å²) in [6.45, 7) is 1.63. The van der Waals surface area contributed by atoms with E-state index in [2.05, 4.69) is 5.32 Å². The van der Waals surface area contributed by atoms with Crippen molar-refractivity contribution in [1.29, 1.82) is 0 Å². The zero-order valence-electron chi connectivity index (χ0n) is 17.6. The lowest BCUT2D eigenvalue weighted by atomic mass is 10.1. The minimum atomic E-state index is -4.56. The number of hydrogen-bond acceptors (Lipinski definition) is 4. The number of benzene rings is 2. The van der Waals surface area contributed by atoms with E-state index in [1.165, 1.54) is 38.5 Å². The first-order chi connectivity index (χ1) is 15.2. The van der Waals surface area contributed by atoms with Gasteiger partial charge in [-0.3, -0.25) is 14.2 Å². The highest BCUT2D eigenvalue weighted by Gasteiger charge is 2.30. The Bertz CT molecular complexity index is 1200. The molecule has 0 aliphatic heterocycles. The third-order valence-corrected chi connectivity index (χ3v) is 4.88. The second kappa shape index (κ2) is 9.17. The number of nitrogens with one attached hydrogen (secondary N) is 1. The van der Waals surface area contributed by atoms with Crippen molar-refractivity contribution >= 4 is 5.91 Å². The van der Waals surface area contributed by atoms with Gasteiger partial charge in [0.15, 0.2) is 11.5 Å². The summed E-state index contributed by atoms with van der Waals surface area (Å²) in [6.07, 6.45) is -4.56. The van der Waals surface area contributed by atoms with Gasteiger partial charge in [0.05, 0.1) is 19.8 Å². The van der Waals surface area contributed by atoms with E-state index in [1.54, 1.807) is 25.1 Å². The molecule has 9 heteroatoms. The van der Waals surface area contributed by atoms with Crippen LogP contribution in [0.15, 0.2) is 59.4 Å². The molecule has 0 spiro atoms. The molecule has 0 fully saturated rings. The molecule has 0 unspecified atom stereocenters. The number of ether oxygens (including phenoxy) is 2. The summed E-state index contributed by atoms with van der Waals surface area (Å²) in [6, 6.07) is 12.4. The molecular formula is C23H21F3N2O4. The predicted octanol–water partition coefficient (Wildman–Crippen LogP) is 4.11. The molecule has 0 atom stereocenters. The summed E-state index contributed by atoms with van der Waals surface area (Å²) in [7, 11) is 2.96. The van der Waals surface area contributed by atoms with Crippen LogP contribution >= 0.6 is 0 Å². The van der Waals surface area contributed by atoms with Gasteiger partial charge in [-0.1, -0.05) is 18.2 Å². The lowest BCUT2D eigenvalue weighted by Crippen LogP contribution is -2.33. The number of methoxy groups -OCH3 is 2. The second-order valence-electron chi connectivity index (χ2n) is 6.91. The van der Waals surface area contributed by atoms with Crippen molar-refractivity contribution in [2.75, 3.05) is 14.2 Å². The molecule has 1 N–H and O–H groups in total. The fourth-order valence-electron chi connectivity index (χ4n) is 3.31. The molecule has 0 radical (unpaired) electrons. The maximum absolute atomic E-state index is 13.1. The van der Waals surface area contributed by atoms with Crippen molar-refractivity contribution < 1.29 is 27.4 Å². The smallest absolute Gasteiger partial charge is 0.416 e. The fraction of sp³-hybridized carbons (Fsp3) is 0.217. The van der Waals surface area contributed by atoms with Gasteiger partial charge >= 0.3 is 6.18 Å². The van der Waals surface area contributed by atoms with Crippen LogP contribution in [0.1, 0.15) is 27.2 Å². The Morgan fingerprint density at radius 3 is 2.41 bits per heavy atom. The van der Waals surface area contributed by atoms with Crippen molar-refractivity contribution in [2.45, 2.75) is 19.6 Å². The molecule has 0 bridgehead atoms. The number of hydrogen-bond donors (Lipinski definition) is 1. The number of para-hydroxylation sites is 1. The van der Waals surface area contributed by atoms with Gasteiger partial charge < -0.3 is 14.8 Å². The van der Waals surface area contributed by atoms with Gasteiger partial charge in [-0.15, -0.1) is 0 Å². The van der Waals surface area contributed by atoms with Crippen molar-refractivity contribution in [3.8, 4) is 17.2 Å². The quantitative estimate of drug-likeness (QED) is 0.619. The molecule has 1 heterocycles. The second-order valence-corrected chi connectivity index (χ2v) is 6.91. The predicted molar refractivity (Wildman–Crippen MR) is 112 cm³/mol. The highest BCUT2D eigenvalue weighted by molar-refractivity contribution is 5.94. The molecule has 1 aromatic heterocycles. The zero-order chi connectivity index (χ0) is 23.5. The number of halogens is 3. The van der Waals surface area contributed by atoms with Crippen LogP contribution in [0.5, 0.6) is 11.5 Å². The van der Waals surface area contributed by atoms with Crippen molar-refractivity contribution in [2.24, 2.45) is 0 Å². The Balaban J connectivity index is 1.93. The van der Waals surface area contributed by atoms with Crippen LogP contribution in [0.25, 0.3) is 5.69 Å². The summed E-state index contributed by atoms with van der Waals surface area (Å²) in [5, 5.41) is 2.65. The first kappa shape index (κ1) is 22.9. The third-order valence-electron chi connectivity index (χ3n) is 4.88. The van der Waals surface area contributed by atoms with E-state index < -0.39 is 23.2 Å². The van der Waals surface area contributed by atoms with E-state index in [0.717, 1.165) is 16.7 Å². The maximum atomic E-state index is 13.1. The average Bonchev–Trinajstić information content (AvgIpc) is 2.76. The van der Waals surface area contributed by atoms with Gasteiger partial charge in [0.25, 0.3) is 11.5 Å². The molecule has 3 aromatic rings. The molecule has 1 amide bonds. The van der Waals surface area contributed by atoms with Crippen molar-refractivity contribution in [1.82, 2.24) is 9.88 Å². The van der Waals surface area contributed by atoms with Crippen LogP contribution in [0.4, 0.5) is 13.2 Å². The Morgan fingerprint density at radius 1 is 1.03 bits per heavy atom. The van der Waals surface area contributed by atoms with Crippen molar-refractivity contribution in [3.05, 3.63) is 87.3 Å². The summed E-state index contributed by atoms with van der Waals surface area (Å²) in [4.78, 5) is 25.7. The molecule has 0 saturated carbocycles. The molecular weight excluding hydrogens is 425 g/mol. The van der Waals surface area contributed by atoms with E-state index in [0.29, 0.717) is 22.8 Å². The number of carbonyl (C=O) groups is 1. The van der Waals surface area contributed by atoms with Gasteiger partial charge in [0.2, 0.25) is 0 Å². The summed E-state index contributed by atoms with van der Waals surface area (Å²) < 4.78 is 50.9. The minimum Gasteiger partial charge on any atom is -0.493 e. The number of nitrogens with zero attached hydrogens (tertiary/aromatic N) is 1. The minimum absolute atomic E-state index is 0.0199. The lowest BCUT2D eigenvalue weighted by molar-refractivity contribution is -0.137. The van der Waals surface area contributed by atoms with Gasteiger partial charge in [-0.05, 0) is 43.3 Å². The van der Waals surface area contributed by atoms with Crippen LogP contribution in [-0.4, -0.2) is 24.7 Å². The summed E-state index contributed by atoms with van der Waals surface area (Å²) in [5.41, 5.74) is -0.770. The highest BCUT2D eigenvalue weighted by atomic mass is 19.4. The van der Waals surface area contributed by atoms with Crippen LogP contribution in [0, 0.1) is 6.92 Å². The first-order valence-electron chi connectivity index (χ1n) is 9.55. The van der Waals surface area contributed by atoms with Crippen LogP contribution in [-0.2, 0) is 12.7 Å². The molecule has 0 aliphatic rings. The first-order valence-corrected chi connectivity index (χ1v) is 9.55. The molecule has 3 rings (SSSR count). The monoisotopic (exact) mass is 446 g/mol. The largest absolute Gasteiger partial charge is 0.493 e. The van der Waals surface area contributed by atoms with E-state index in [9.17, 15) is 22.8 Å². The molecule has 6 nitrogen and oxygen atoms in total. The Morgan fingerprint density at radius 2 is 1.75 bits per heavy atom. The van der Waals surface area contributed by atoms with Gasteiger partial charge in [0, 0.05) is 23.5 Å². The van der Waals surface area contributed by atoms with Gasteiger partial charge in [-0.2, -0.15) is 13.2 Å². The van der Waals surface area contributed by atoms with E-state index in [1.807, 2.05) is 0 Å². The van der Waals surface area contributed by atoms with Crippen molar-refractivity contribution in [3.63, 3.8) is 0 Å². The van der Waals surface area contributed by atoms with Crippen LogP contribution in [0.3, 0.4) is 0 Å². The highest BCUT2D eigenvalue weighted by Crippen LogP contribution is 2.31. The Kier molecular flexibility index (Phi) is 6.57. The van der Waals surface area contributed by atoms with Gasteiger partial charge in [0.1, 0.15) is 5.56 Å². The SMILES string of the molecule is COc1cccc(CNC(=O)c2ccc(C)n(-c3cccc(C(F)(F)F)c3)c2=O)c1OC. The Labute approximate surface area is 182 Å². The number of rotatable bonds is 6. The maximum Gasteiger partial charge on any atom is 0.416 e. The molecule has 0 saturated heterocycles. The van der Waals surface area contributed by atoms with Crippen LogP contribution < -0.4 is 20.3 Å². The zero-order valence-corrected chi connectivity index (χ0v) is 17.6. The number of aromatic nitrogens is 1. The number of pyridine rings is 1. The third kappa shape index (κ3) is 4.61.